The number of nitrogen functional groups attached to an aromatic ring is 1. The van der Waals surface area contributed by atoms with Crippen LogP contribution in [-0.4, -0.2) is 4.98 Å². The number of hydrogen-bond acceptors (Lipinski definition) is 3. The van der Waals surface area contributed by atoms with Gasteiger partial charge in [0, 0.05) is 24.5 Å². The van der Waals surface area contributed by atoms with Crippen LogP contribution in [0.1, 0.15) is 16.7 Å². The molecule has 0 saturated heterocycles. The molecule has 2 N–H and O–H groups in total. The highest BCUT2D eigenvalue weighted by molar-refractivity contribution is 5.90. The van der Waals surface area contributed by atoms with Gasteiger partial charge in [-0.25, -0.2) is 0 Å². The molecule has 0 unspecified atom stereocenters. The minimum atomic E-state index is 0.698. The number of nitrogens with zero attached hydrogens (tertiary/aromatic N) is 2. The third-order valence-corrected chi connectivity index (χ3v) is 3.46. The number of nitrogens with two attached hydrogens (primary N) is 1. The fourth-order valence-corrected chi connectivity index (χ4v) is 2.40. The van der Waals surface area contributed by atoms with Crippen LogP contribution in [0, 0.1) is 11.3 Å². The summed E-state index contributed by atoms with van der Waals surface area (Å²) >= 11 is 0. The van der Waals surface area contributed by atoms with Crippen LogP contribution >= 0.6 is 0 Å². The second kappa shape index (κ2) is 5.02. The van der Waals surface area contributed by atoms with Crippen LogP contribution in [0.5, 0.6) is 0 Å². The lowest BCUT2D eigenvalue weighted by molar-refractivity contribution is 1.16. The third kappa shape index (κ3) is 2.08. The third-order valence-electron chi connectivity index (χ3n) is 3.46. The highest BCUT2D eigenvalue weighted by Gasteiger charge is 2.07. The lowest BCUT2D eigenvalue weighted by atomic mass is 9.96. The predicted octanol–water partition coefficient (Wildman–Crippen LogP) is 3.28. The van der Waals surface area contributed by atoms with Crippen LogP contribution < -0.4 is 5.73 Å². The Kier molecular flexibility index (Phi) is 3.06. The van der Waals surface area contributed by atoms with Crippen LogP contribution in [0.25, 0.3) is 10.8 Å². The molecule has 0 atom stereocenters. The zero-order valence-corrected chi connectivity index (χ0v) is 10.9. The molecular weight excluding hydrogens is 246 g/mol. The van der Waals surface area contributed by atoms with E-state index >= 15 is 0 Å². The molecule has 3 nitrogen and oxygen atoms in total. The maximum Gasteiger partial charge on any atom is 0.0998 e. The first-order valence-electron chi connectivity index (χ1n) is 6.38. The molecule has 0 spiro atoms. The molecule has 2 aromatic carbocycles. The normalized spacial score (nSPS) is 10.3. The lowest BCUT2D eigenvalue weighted by Crippen LogP contribution is -1.97. The van der Waals surface area contributed by atoms with E-state index in [2.05, 4.69) is 11.1 Å². The van der Waals surface area contributed by atoms with Crippen LogP contribution in [-0.2, 0) is 6.42 Å². The molecule has 0 aliphatic heterocycles. The first-order chi connectivity index (χ1) is 9.79. The van der Waals surface area contributed by atoms with Crippen LogP contribution in [0.2, 0.25) is 0 Å². The van der Waals surface area contributed by atoms with Crippen molar-refractivity contribution in [2.45, 2.75) is 6.42 Å². The summed E-state index contributed by atoms with van der Waals surface area (Å²) < 4.78 is 0. The minimum Gasteiger partial charge on any atom is -0.398 e. The van der Waals surface area contributed by atoms with Gasteiger partial charge in [-0.15, -0.1) is 0 Å². The van der Waals surface area contributed by atoms with Gasteiger partial charge in [-0.1, -0.05) is 30.3 Å². The molecule has 1 heterocycles. The number of nitriles is 1. The molecule has 0 aliphatic carbocycles. The maximum absolute atomic E-state index is 9.18. The van der Waals surface area contributed by atoms with Crippen molar-refractivity contribution >= 4 is 16.5 Å². The molecule has 0 fully saturated rings. The number of fused-ring (bicyclic) bond motifs is 1. The van der Waals surface area contributed by atoms with Gasteiger partial charge in [-0.3, -0.25) is 4.98 Å². The minimum absolute atomic E-state index is 0.698. The smallest absolute Gasteiger partial charge is 0.0998 e. The number of benzene rings is 2. The van der Waals surface area contributed by atoms with E-state index in [9.17, 15) is 5.26 Å². The Morgan fingerprint density at radius 1 is 1.00 bits per heavy atom. The van der Waals surface area contributed by atoms with E-state index in [-0.39, 0.29) is 0 Å². The van der Waals surface area contributed by atoms with Crippen molar-refractivity contribution in [2.24, 2.45) is 0 Å². The van der Waals surface area contributed by atoms with Crippen molar-refractivity contribution in [3.8, 4) is 6.07 Å². The molecule has 3 heteroatoms. The van der Waals surface area contributed by atoms with E-state index in [1.807, 2.05) is 36.4 Å². The summed E-state index contributed by atoms with van der Waals surface area (Å²) in [4.78, 5) is 4.12. The van der Waals surface area contributed by atoms with Crippen molar-refractivity contribution in [3.05, 3.63) is 71.5 Å². The summed E-state index contributed by atoms with van der Waals surface area (Å²) in [7, 11) is 0. The van der Waals surface area contributed by atoms with Crippen LogP contribution in [0.15, 0.2) is 54.9 Å². The zero-order chi connectivity index (χ0) is 13.9. The van der Waals surface area contributed by atoms with Gasteiger partial charge in [0.15, 0.2) is 0 Å². The number of hydrogen-bond donors (Lipinski definition) is 1. The van der Waals surface area contributed by atoms with E-state index in [1.165, 1.54) is 0 Å². The van der Waals surface area contributed by atoms with Gasteiger partial charge in [0.25, 0.3) is 0 Å². The fourth-order valence-electron chi connectivity index (χ4n) is 2.40. The van der Waals surface area contributed by atoms with Gasteiger partial charge >= 0.3 is 0 Å². The molecular formula is C17H13N3. The van der Waals surface area contributed by atoms with Gasteiger partial charge < -0.3 is 5.73 Å². The average Bonchev–Trinajstić information content (AvgIpc) is 2.50. The predicted molar refractivity (Wildman–Crippen MR) is 80.1 cm³/mol. The monoisotopic (exact) mass is 259 g/mol. The molecule has 0 saturated carbocycles. The first-order valence-corrected chi connectivity index (χ1v) is 6.38. The molecule has 3 aromatic rings. The van der Waals surface area contributed by atoms with E-state index in [0.717, 1.165) is 27.6 Å². The SMILES string of the molecule is N#Cc1ccc(Cc2cnccc2N)c2ccccc12. The lowest BCUT2D eigenvalue weighted by Gasteiger charge is -2.09. The van der Waals surface area contributed by atoms with Crippen molar-refractivity contribution in [1.29, 1.82) is 5.26 Å². The molecule has 96 valence electrons. The Bertz CT molecular complexity index is 816. The summed E-state index contributed by atoms with van der Waals surface area (Å²) in [6.07, 6.45) is 4.20. The summed E-state index contributed by atoms with van der Waals surface area (Å²) in [6, 6.07) is 15.9. The molecule has 1 aromatic heterocycles. The summed E-state index contributed by atoms with van der Waals surface area (Å²) in [5, 5.41) is 11.3. The summed E-state index contributed by atoms with van der Waals surface area (Å²) in [6.45, 7) is 0. The standard InChI is InChI=1S/C17H13N3/c18-10-13-6-5-12(15-3-1-2-4-16(13)15)9-14-11-20-8-7-17(14)19/h1-8,11H,9H2,(H2,19,20). The Hall–Kier alpha value is -2.86. The van der Waals surface area contributed by atoms with Crippen LogP contribution in [0.4, 0.5) is 5.69 Å². The average molecular weight is 259 g/mol. The maximum atomic E-state index is 9.18. The Labute approximate surface area is 117 Å². The Balaban J connectivity index is 2.14. The molecule has 0 radical (unpaired) electrons. The molecule has 3 rings (SSSR count). The summed E-state index contributed by atoms with van der Waals surface area (Å²) in [5.41, 5.74) is 9.57. The second-order valence-electron chi connectivity index (χ2n) is 4.68. The highest BCUT2D eigenvalue weighted by Crippen LogP contribution is 2.25. The van der Waals surface area contributed by atoms with Gasteiger partial charge in [0.2, 0.25) is 0 Å². The molecule has 0 bridgehead atoms. The van der Waals surface area contributed by atoms with Crippen molar-refractivity contribution in [2.75, 3.05) is 5.73 Å². The van der Waals surface area contributed by atoms with Crippen molar-refractivity contribution in [3.63, 3.8) is 0 Å². The molecule has 20 heavy (non-hydrogen) atoms. The van der Waals surface area contributed by atoms with Gasteiger partial charge in [-0.05, 0) is 34.0 Å². The van der Waals surface area contributed by atoms with Gasteiger partial charge in [0.05, 0.1) is 11.6 Å². The molecule has 0 aliphatic rings. The van der Waals surface area contributed by atoms with Crippen molar-refractivity contribution in [1.82, 2.24) is 4.98 Å². The van der Waals surface area contributed by atoms with Crippen molar-refractivity contribution < 1.29 is 0 Å². The van der Waals surface area contributed by atoms with Crippen LogP contribution in [0.3, 0.4) is 0 Å². The first kappa shape index (κ1) is 12.2. The van der Waals surface area contributed by atoms with E-state index in [4.69, 9.17) is 5.73 Å². The zero-order valence-electron chi connectivity index (χ0n) is 10.9. The Morgan fingerprint density at radius 3 is 2.55 bits per heavy atom. The molecule has 0 amide bonds. The second-order valence-corrected chi connectivity index (χ2v) is 4.68. The van der Waals surface area contributed by atoms with Gasteiger partial charge in [-0.2, -0.15) is 5.26 Å². The van der Waals surface area contributed by atoms with E-state index in [0.29, 0.717) is 12.0 Å². The highest BCUT2D eigenvalue weighted by atomic mass is 14.7. The number of aromatic nitrogens is 1. The number of anilines is 1. The topological polar surface area (TPSA) is 62.7 Å². The van der Waals surface area contributed by atoms with Gasteiger partial charge in [0.1, 0.15) is 0 Å². The van der Waals surface area contributed by atoms with E-state index < -0.39 is 0 Å². The number of pyridine rings is 1. The summed E-state index contributed by atoms with van der Waals surface area (Å²) in [5.74, 6) is 0. The quantitative estimate of drug-likeness (QED) is 0.768. The largest absolute Gasteiger partial charge is 0.398 e. The Morgan fingerprint density at radius 2 is 1.80 bits per heavy atom. The fraction of sp³-hybridized carbons (Fsp3) is 0.0588. The van der Waals surface area contributed by atoms with E-state index in [1.54, 1.807) is 18.5 Å². The number of rotatable bonds is 2.